The number of nitrogens with zero attached hydrogens (tertiary/aromatic N) is 3. The summed E-state index contributed by atoms with van der Waals surface area (Å²) in [6, 6.07) is 0. The van der Waals surface area contributed by atoms with Gasteiger partial charge in [0, 0.05) is 20.3 Å². The molecule has 1 aromatic heterocycles. The molecule has 88 valence electrons. The molecule has 0 radical (unpaired) electrons. The summed E-state index contributed by atoms with van der Waals surface area (Å²) in [6.45, 7) is 2.94. The van der Waals surface area contributed by atoms with E-state index in [1.165, 1.54) is 27.2 Å². The summed E-state index contributed by atoms with van der Waals surface area (Å²) in [5.74, 6) is -1.47. The van der Waals surface area contributed by atoms with Gasteiger partial charge in [-0.25, -0.2) is 9.78 Å². The third-order valence-corrected chi connectivity index (χ3v) is 2.59. The predicted octanol–water partition coefficient (Wildman–Crippen LogP) is 0.355. The minimum atomic E-state index is -1.26. The van der Waals surface area contributed by atoms with Crippen LogP contribution in [0.5, 0.6) is 0 Å². The van der Waals surface area contributed by atoms with E-state index in [1.54, 1.807) is 17.8 Å². The molecule has 0 saturated carbocycles. The van der Waals surface area contributed by atoms with Crippen molar-refractivity contribution < 1.29 is 14.7 Å². The first-order valence-corrected chi connectivity index (χ1v) is 4.76. The smallest absolute Gasteiger partial charge is 0.329 e. The van der Waals surface area contributed by atoms with Crippen molar-refractivity contribution in [3.05, 3.63) is 18.2 Å². The number of carboxylic acid groups (broad SMARTS) is 1. The fourth-order valence-electron chi connectivity index (χ4n) is 1.09. The first-order valence-electron chi connectivity index (χ1n) is 4.76. The van der Waals surface area contributed by atoms with Crippen molar-refractivity contribution in [1.29, 1.82) is 0 Å². The maximum atomic E-state index is 11.9. The molecule has 0 bridgehead atoms. The maximum absolute atomic E-state index is 11.9. The van der Waals surface area contributed by atoms with E-state index >= 15 is 0 Å². The van der Waals surface area contributed by atoms with E-state index in [1.807, 2.05) is 0 Å². The van der Waals surface area contributed by atoms with Crippen molar-refractivity contribution in [2.45, 2.75) is 19.4 Å². The van der Waals surface area contributed by atoms with Crippen LogP contribution in [0.25, 0.3) is 0 Å². The molecular formula is C10H15N3O3. The average Bonchev–Trinajstić information content (AvgIpc) is 2.62. The van der Waals surface area contributed by atoms with Crippen LogP contribution in [-0.2, 0) is 11.8 Å². The molecule has 0 spiro atoms. The minimum absolute atomic E-state index is 0.235. The normalized spacial score (nSPS) is 11.2. The van der Waals surface area contributed by atoms with Crippen LogP contribution in [-0.4, -0.2) is 44.0 Å². The minimum Gasteiger partial charge on any atom is -0.480 e. The molecule has 1 aromatic rings. The Labute approximate surface area is 93.5 Å². The second kappa shape index (κ2) is 3.96. The number of carboxylic acids is 1. The Morgan fingerprint density at radius 1 is 1.50 bits per heavy atom. The van der Waals surface area contributed by atoms with E-state index in [4.69, 9.17) is 5.11 Å². The molecule has 0 saturated heterocycles. The topological polar surface area (TPSA) is 75.4 Å². The lowest BCUT2D eigenvalue weighted by atomic mass is 10.0. The van der Waals surface area contributed by atoms with Gasteiger partial charge in [0.05, 0.1) is 6.33 Å². The van der Waals surface area contributed by atoms with Gasteiger partial charge in [-0.2, -0.15) is 0 Å². The van der Waals surface area contributed by atoms with E-state index in [0.717, 1.165) is 4.90 Å². The molecule has 0 aliphatic heterocycles. The number of amides is 1. The lowest BCUT2D eigenvalue weighted by molar-refractivity contribution is -0.147. The fourth-order valence-corrected chi connectivity index (χ4v) is 1.09. The molecule has 1 heterocycles. The maximum Gasteiger partial charge on any atom is 0.329 e. The van der Waals surface area contributed by atoms with Gasteiger partial charge in [0.25, 0.3) is 5.91 Å². The number of rotatable bonds is 3. The van der Waals surface area contributed by atoms with Crippen molar-refractivity contribution in [3.8, 4) is 0 Å². The van der Waals surface area contributed by atoms with Crippen molar-refractivity contribution in [3.63, 3.8) is 0 Å². The molecule has 6 heteroatoms. The summed E-state index contributed by atoms with van der Waals surface area (Å²) in [5, 5.41) is 8.99. The van der Waals surface area contributed by atoms with Crippen LogP contribution >= 0.6 is 0 Å². The van der Waals surface area contributed by atoms with Crippen molar-refractivity contribution in [2.75, 3.05) is 7.05 Å². The van der Waals surface area contributed by atoms with Crippen LogP contribution in [0.3, 0.4) is 0 Å². The van der Waals surface area contributed by atoms with Crippen LogP contribution in [0.1, 0.15) is 24.3 Å². The summed E-state index contributed by atoms with van der Waals surface area (Å²) in [4.78, 5) is 27.9. The summed E-state index contributed by atoms with van der Waals surface area (Å²) < 4.78 is 1.63. The summed E-state index contributed by atoms with van der Waals surface area (Å²) >= 11 is 0. The zero-order valence-corrected chi connectivity index (χ0v) is 9.76. The lowest BCUT2D eigenvalue weighted by Crippen LogP contribution is -2.50. The molecule has 1 rings (SSSR count). The number of aliphatic carboxylic acids is 1. The van der Waals surface area contributed by atoms with E-state index in [0.29, 0.717) is 0 Å². The summed E-state index contributed by atoms with van der Waals surface area (Å²) in [7, 11) is 3.19. The van der Waals surface area contributed by atoms with Gasteiger partial charge in [-0.05, 0) is 13.8 Å². The van der Waals surface area contributed by atoms with Gasteiger partial charge in [-0.3, -0.25) is 4.79 Å². The molecule has 0 atom stereocenters. The number of aromatic nitrogens is 2. The molecule has 1 amide bonds. The zero-order chi connectivity index (χ0) is 12.5. The van der Waals surface area contributed by atoms with E-state index < -0.39 is 17.4 Å². The van der Waals surface area contributed by atoms with Gasteiger partial charge in [0.15, 0.2) is 0 Å². The zero-order valence-electron chi connectivity index (χ0n) is 9.76. The van der Waals surface area contributed by atoms with E-state index in [-0.39, 0.29) is 5.69 Å². The Morgan fingerprint density at radius 3 is 2.44 bits per heavy atom. The highest BCUT2D eigenvalue weighted by atomic mass is 16.4. The lowest BCUT2D eigenvalue weighted by Gasteiger charge is -2.30. The van der Waals surface area contributed by atoms with Crippen molar-refractivity contribution >= 4 is 11.9 Å². The second-order valence-electron chi connectivity index (χ2n) is 4.15. The van der Waals surface area contributed by atoms with Crippen molar-refractivity contribution in [1.82, 2.24) is 14.5 Å². The molecule has 0 aliphatic rings. The number of likely N-dealkylation sites (N-methyl/N-ethyl adjacent to an activating group) is 1. The van der Waals surface area contributed by atoms with Gasteiger partial charge in [-0.1, -0.05) is 0 Å². The Balaban J connectivity index is 2.95. The first kappa shape index (κ1) is 12.2. The molecule has 6 nitrogen and oxygen atoms in total. The summed E-state index contributed by atoms with van der Waals surface area (Å²) in [6.07, 6.45) is 3.05. The predicted molar refractivity (Wildman–Crippen MR) is 57.0 cm³/mol. The molecule has 0 aromatic carbocycles. The van der Waals surface area contributed by atoms with Crippen LogP contribution in [0.2, 0.25) is 0 Å². The third-order valence-electron chi connectivity index (χ3n) is 2.59. The Bertz CT molecular complexity index is 423. The Hall–Kier alpha value is -1.85. The standard InChI is InChI=1S/C10H15N3O3/c1-10(2,9(15)16)13(4)8(14)7-5-12(3)6-11-7/h5-6H,1-4H3,(H,15,16). The van der Waals surface area contributed by atoms with Gasteiger partial charge in [0.1, 0.15) is 11.2 Å². The first-order chi connectivity index (χ1) is 7.26. The monoisotopic (exact) mass is 225 g/mol. The molecule has 16 heavy (non-hydrogen) atoms. The third kappa shape index (κ3) is 2.05. The van der Waals surface area contributed by atoms with Gasteiger partial charge in [0.2, 0.25) is 0 Å². The van der Waals surface area contributed by atoms with Gasteiger partial charge in [-0.15, -0.1) is 0 Å². The molecule has 0 fully saturated rings. The Kier molecular flexibility index (Phi) is 3.02. The molecule has 0 aliphatic carbocycles. The van der Waals surface area contributed by atoms with E-state index in [2.05, 4.69) is 4.98 Å². The molecule has 1 N–H and O–H groups in total. The highest BCUT2D eigenvalue weighted by molar-refractivity contribution is 5.95. The van der Waals surface area contributed by atoms with Crippen molar-refractivity contribution in [2.24, 2.45) is 7.05 Å². The van der Waals surface area contributed by atoms with Crippen LogP contribution in [0.15, 0.2) is 12.5 Å². The quantitative estimate of drug-likeness (QED) is 0.805. The number of hydrogen-bond acceptors (Lipinski definition) is 3. The van der Waals surface area contributed by atoms with Gasteiger partial charge < -0.3 is 14.6 Å². The highest BCUT2D eigenvalue weighted by Crippen LogP contribution is 2.15. The average molecular weight is 225 g/mol. The number of hydrogen-bond donors (Lipinski definition) is 1. The largest absolute Gasteiger partial charge is 0.480 e. The van der Waals surface area contributed by atoms with Crippen LogP contribution < -0.4 is 0 Å². The second-order valence-corrected chi connectivity index (χ2v) is 4.15. The SMILES string of the molecule is CN(C(=O)c1cn(C)cn1)C(C)(C)C(=O)O. The molecule has 0 unspecified atom stereocenters. The van der Waals surface area contributed by atoms with Gasteiger partial charge >= 0.3 is 5.97 Å². The fraction of sp³-hybridized carbons (Fsp3) is 0.500. The summed E-state index contributed by atoms with van der Waals surface area (Å²) in [5.41, 5.74) is -1.02. The molecular weight excluding hydrogens is 210 g/mol. The van der Waals surface area contributed by atoms with Crippen LogP contribution in [0, 0.1) is 0 Å². The number of aryl methyl sites for hydroxylation is 1. The van der Waals surface area contributed by atoms with Crippen LogP contribution in [0.4, 0.5) is 0 Å². The Morgan fingerprint density at radius 2 is 2.06 bits per heavy atom. The number of carbonyl (C=O) groups is 2. The number of imidazole rings is 1. The highest BCUT2D eigenvalue weighted by Gasteiger charge is 2.36. The number of carbonyl (C=O) groups excluding carboxylic acids is 1. The van der Waals surface area contributed by atoms with E-state index in [9.17, 15) is 9.59 Å².